The van der Waals surface area contributed by atoms with E-state index in [0.717, 1.165) is 12.4 Å². The summed E-state index contributed by atoms with van der Waals surface area (Å²) in [6.07, 6.45) is -3.63. The van der Waals surface area contributed by atoms with Crippen LogP contribution < -0.4 is 10.3 Å². The SMILES string of the molecule is C[C@H](c1c(F)cc(F)cc1F)n1cnc(=O)c2cc(Oc3cccc(Br)c3C(F)(F)F)ccc21. The van der Waals surface area contributed by atoms with Gasteiger partial charge >= 0.3 is 6.18 Å². The highest BCUT2D eigenvalue weighted by Crippen LogP contribution is 2.42. The minimum atomic E-state index is -4.71. The molecule has 0 radical (unpaired) electrons. The van der Waals surface area contributed by atoms with Crippen molar-refractivity contribution in [2.75, 3.05) is 0 Å². The van der Waals surface area contributed by atoms with Gasteiger partial charge in [-0.2, -0.15) is 18.2 Å². The minimum absolute atomic E-state index is 0.0571. The Morgan fingerprint density at radius 2 is 1.71 bits per heavy atom. The third-order valence-electron chi connectivity index (χ3n) is 5.14. The molecule has 0 aliphatic carbocycles. The molecule has 0 bridgehead atoms. The van der Waals surface area contributed by atoms with E-state index in [9.17, 15) is 31.1 Å². The molecule has 176 valence electrons. The molecular weight excluding hydrogens is 530 g/mol. The topological polar surface area (TPSA) is 44.1 Å². The molecule has 4 rings (SSSR count). The minimum Gasteiger partial charge on any atom is -0.457 e. The van der Waals surface area contributed by atoms with Crippen LogP contribution in [0.4, 0.5) is 26.3 Å². The number of ether oxygens (including phenoxy) is 1. The van der Waals surface area contributed by atoms with Crippen LogP contribution in [0.3, 0.4) is 0 Å². The van der Waals surface area contributed by atoms with Crippen LogP contribution in [0, 0.1) is 17.5 Å². The number of hydrogen-bond acceptors (Lipinski definition) is 3. The first kappa shape index (κ1) is 23.8. The fourth-order valence-corrected chi connectivity index (χ4v) is 4.19. The molecule has 3 aromatic carbocycles. The van der Waals surface area contributed by atoms with Gasteiger partial charge in [-0.3, -0.25) is 4.79 Å². The highest BCUT2D eigenvalue weighted by atomic mass is 79.9. The van der Waals surface area contributed by atoms with Crippen molar-refractivity contribution in [1.29, 1.82) is 0 Å². The summed E-state index contributed by atoms with van der Waals surface area (Å²) in [5.41, 5.74) is -2.02. The average molecular weight is 543 g/mol. The second-order valence-electron chi connectivity index (χ2n) is 7.31. The lowest BCUT2D eigenvalue weighted by Gasteiger charge is -2.20. The van der Waals surface area contributed by atoms with Gasteiger partial charge in [0.25, 0.3) is 5.56 Å². The third kappa shape index (κ3) is 4.39. The van der Waals surface area contributed by atoms with Crippen LogP contribution in [0.25, 0.3) is 10.9 Å². The number of alkyl halides is 3. The maximum atomic E-state index is 14.3. The molecule has 0 N–H and O–H groups in total. The second-order valence-corrected chi connectivity index (χ2v) is 8.16. The van der Waals surface area contributed by atoms with E-state index in [0.29, 0.717) is 12.1 Å². The lowest BCUT2D eigenvalue weighted by molar-refractivity contribution is -0.139. The van der Waals surface area contributed by atoms with Crippen molar-refractivity contribution in [2.24, 2.45) is 0 Å². The van der Waals surface area contributed by atoms with Gasteiger partial charge in [0.05, 0.1) is 23.3 Å². The van der Waals surface area contributed by atoms with E-state index in [2.05, 4.69) is 20.9 Å². The molecule has 11 heteroatoms. The lowest BCUT2D eigenvalue weighted by Crippen LogP contribution is -2.18. The Bertz CT molecular complexity index is 1450. The van der Waals surface area contributed by atoms with Gasteiger partial charge in [0.15, 0.2) is 0 Å². The summed E-state index contributed by atoms with van der Waals surface area (Å²) < 4.78 is 88.8. The maximum Gasteiger partial charge on any atom is 0.421 e. The summed E-state index contributed by atoms with van der Waals surface area (Å²) in [5.74, 6) is -3.90. The van der Waals surface area contributed by atoms with Crippen molar-refractivity contribution in [3.8, 4) is 11.5 Å². The smallest absolute Gasteiger partial charge is 0.421 e. The van der Waals surface area contributed by atoms with Crippen molar-refractivity contribution in [2.45, 2.75) is 19.1 Å². The van der Waals surface area contributed by atoms with E-state index in [1.54, 1.807) is 0 Å². The molecule has 0 amide bonds. The molecule has 4 nitrogen and oxygen atoms in total. The standard InChI is InChI=1S/C23H13BrF6N2O2/c1-11(20-16(26)7-12(25)8-17(20)27)32-10-31-22(33)14-9-13(5-6-18(14)32)34-19-4-2-3-15(24)21(19)23(28,29)30/h2-11H,1H3/t11-/m1/s1. The molecule has 0 unspecified atom stereocenters. The molecule has 34 heavy (non-hydrogen) atoms. The molecule has 0 fully saturated rings. The molecule has 4 aromatic rings. The Morgan fingerprint density at radius 3 is 2.35 bits per heavy atom. The Balaban J connectivity index is 1.80. The number of fused-ring (bicyclic) bond motifs is 1. The van der Waals surface area contributed by atoms with Gasteiger partial charge in [-0.15, -0.1) is 0 Å². The monoisotopic (exact) mass is 542 g/mol. The summed E-state index contributed by atoms with van der Waals surface area (Å²) in [6, 6.07) is 7.59. The Hall–Kier alpha value is -3.34. The van der Waals surface area contributed by atoms with E-state index >= 15 is 0 Å². The molecule has 0 spiro atoms. The summed E-state index contributed by atoms with van der Waals surface area (Å²) in [5, 5.41) is -0.0571. The summed E-state index contributed by atoms with van der Waals surface area (Å²) >= 11 is 2.86. The Labute approximate surface area is 196 Å². The first-order chi connectivity index (χ1) is 16.0. The molecular formula is C23H13BrF6N2O2. The van der Waals surface area contributed by atoms with Crippen LogP contribution >= 0.6 is 15.9 Å². The van der Waals surface area contributed by atoms with Crippen molar-refractivity contribution >= 4 is 26.8 Å². The van der Waals surface area contributed by atoms with Crippen molar-refractivity contribution in [3.63, 3.8) is 0 Å². The summed E-state index contributed by atoms with van der Waals surface area (Å²) in [4.78, 5) is 16.1. The molecule has 0 saturated carbocycles. The summed E-state index contributed by atoms with van der Waals surface area (Å²) in [7, 11) is 0. The number of hydrogen-bond donors (Lipinski definition) is 0. The molecule has 1 heterocycles. The van der Waals surface area contributed by atoms with E-state index in [4.69, 9.17) is 4.74 Å². The Morgan fingerprint density at radius 1 is 1.03 bits per heavy atom. The predicted molar refractivity (Wildman–Crippen MR) is 115 cm³/mol. The second kappa shape index (κ2) is 8.79. The zero-order chi connectivity index (χ0) is 24.8. The molecule has 1 aromatic heterocycles. The number of aromatic nitrogens is 2. The van der Waals surface area contributed by atoms with Gasteiger partial charge in [0, 0.05) is 22.2 Å². The van der Waals surface area contributed by atoms with Gasteiger partial charge in [-0.1, -0.05) is 22.0 Å². The number of halogens is 7. The zero-order valence-corrected chi connectivity index (χ0v) is 18.7. The maximum absolute atomic E-state index is 14.3. The lowest BCUT2D eigenvalue weighted by atomic mass is 10.1. The largest absolute Gasteiger partial charge is 0.457 e. The molecule has 0 aliphatic heterocycles. The van der Waals surface area contributed by atoms with Crippen LogP contribution in [0.5, 0.6) is 11.5 Å². The average Bonchev–Trinajstić information content (AvgIpc) is 2.72. The Kier molecular flexibility index (Phi) is 6.15. The van der Waals surface area contributed by atoms with Gasteiger partial charge in [-0.25, -0.2) is 13.2 Å². The quantitative estimate of drug-likeness (QED) is 0.261. The van der Waals surface area contributed by atoms with Gasteiger partial charge < -0.3 is 9.30 Å². The first-order valence-corrected chi connectivity index (χ1v) is 10.5. The van der Waals surface area contributed by atoms with Crippen LogP contribution in [0.1, 0.15) is 24.1 Å². The van der Waals surface area contributed by atoms with Crippen molar-refractivity contribution in [1.82, 2.24) is 9.55 Å². The fraction of sp³-hybridized carbons (Fsp3) is 0.130. The highest BCUT2D eigenvalue weighted by molar-refractivity contribution is 9.10. The predicted octanol–water partition coefficient (Wildman–Crippen LogP) is 7.00. The molecule has 1 atom stereocenters. The first-order valence-electron chi connectivity index (χ1n) is 9.66. The van der Waals surface area contributed by atoms with Crippen LogP contribution in [0.2, 0.25) is 0 Å². The highest BCUT2D eigenvalue weighted by Gasteiger charge is 2.37. The fourth-order valence-electron chi connectivity index (χ4n) is 3.61. The molecule has 0 aliphatic rings. The number of benzene rings is 3. The van der Waals surface area contributed by atoms with Gasteiger partial charge in [0.1, 0.15) is 34.5 Å². The van der Waals surface area contributed by atoms with Crippen LogP contribution in [-0.4, -0.2) is 9.55 Å². The number of nitrogens with zero attached hydrogens (tertiary/aromatic N) is 2. The van der Waals surface area contributed by atoms with E-state index < -0.39 is 52.1 Å². The van der Waals surface area contributed by atoms with Crippen LogP contribution in [0.15, 0.2) is 64.1 Å². The van der Waals surface area contributed by atoms with Crippen molar-refractivity contribution < 1.29 is 31.1 Å². The van der Waals surface area contributed by atoms with E-state index in [1.165, 1.54) is 41.8 Å². The van der Waals surface area contributed by atoms with E-state index in [1.807, 2.05) is 0 Å². The van der Waals surface area contributed by atoms with Crippen LogP contribution in [-0.2, 0) is 6.18 Å². The number of rotatable bonds is 4. The normalized spacial score (nSPS) is 12.7. The van der Waals surface area contributed by atoms with Gasteiger partial charge in [-0.05, 0) is 37.3 Å². The summed E-state index contributed by atoms with van der Waals surface area (Å²) in [6.45, 7) is 1.42. The van der Waals surface area contributed by atoms with E-state index in [-0.39, 0.29) is 21.1 Å². The third-order valence-corrected chi connectivity index (χ3v) is 5.80. The molecule has 0 saturated heterocycles. The van der Waals surface area contributed by atoms with Crippen molar-refractivity contribution in [3.05, 3.63) is 98.3 Å². The van der Waals surface area contributed by atoms with Gasteiger partial charge in [0.2, 0.25) is 0 Å². The zero-order valence-electron chi connectivity index (χ0n) is 17.1.